The van der Waals surface area contributed by atoms with Gasteiger partial charge in [0.05, 0.1) is 4.92 Å². The molecule has 0 aliphatic carbocycles. The number of carbonyl (C=O) groups is 1. The summed E-state index contributed by atoms with van der Waals surface area (Å²) >= 11 is 0. The third-order valence-electron chi connectivity index (χ3n) is 3.41. The van der Waals surface area contributed by atoms with Gasteiger partial charge in [-0.3, -0.25) is 14.9 Å². The van der Waals surface area contributed by atoms with Crippen LogP contribution in [0.3, 0.4) is 0 Å². The van der Waals surface area contributed by atoms with Gasteiger partial charge in [0.2, 0.25) is 0 Å². The number of hydrogen-bond donors (Lipinski definition) is 2. The molecule has 0 aromatic carbocycles. The van der Waals surface area contributed by atoms with E-state index in [0.717, 1.165) is 19.0 Å². The molecule has 116 valence electrons. The van der Waals surface area contributed by atoms with E-state index in [4.69, 9.17) is 0 Å². The van der Waals surface area contributed by atoms with E-state index in [1.54, 1.807) is 7.05 Å². The smallest absolute Gasteiger partial charge is 0.300 e. The SMILES string of the molecule is CCC(C)CC(C)NC(=O)c1cc(NC)ncc1[N+](=O)[O-]. The third-order valence-corrected chi connectivity index (χ3v) is 3.41. The minimum Gasteiger partial charge on any atom is -0.373 e. The molecule has 2 N–H and O–H groups in total. The molecule has 7 heteroatoms. The van der Waals surface area contributed by atoms with Gasteiger partial charge in [-0.05, 0) is 19.3 Å². The fourth-order valence-electron chi connectivity index (χ4n) is 2.04. The van der Waals surface area contributed by atoms with Crippen molar-refractivity contribution in [3.63, 3.8) is 0 Å². The van der Waals surface area contributed by atoms with Crippen molar-refractivity contribution in [2.75, 3.05) is 12.4 Å². The first kappa shape index (κ1) is 16.9. The van der Waals surface area contributed by atoms with Crippen LogP contribution in [0.4, 0.5) is 11.5 Å². The molecule has 21 heavy (non-hydrogen) atoms. The van der Waals surface area contributed by atoms with Crippen molar-refractivity contribution in [1.82, 2.24) is 10.3 Å². The summed E-state index contributed by atoms with van der Waals surface area (Å²) in [6, 6.07) is 1.35. The molecule has 0 radical (unpaired) electrons. The number of nitrogens with one attached hydrogen (secondary N) is 2. The molecule has 2 unspecified atom stereocenters. The van der Waals surface area contributed by atoms with Crippen molar-refractivity contribution in [2.45, 2.75) is 39.7 Å². The summed E-state index contributed by atoms with van der Waals surface area (Å²) in [5, 5.41) is 16.6. The number of nitrogens with zero attached hydrogens (tertiary/aromatic N) is 2. The van der Waals surface area contributed by atoms with Gasteiger partial charge >= 0.3 is 0 Å². The first-order valence-corrected chi connectivity index (χ1v) is 7.02. The maximum Gasteiger partial charge on any atom is 0.300 e. The predicted molar refractivity (Wildman–Crippen MR) is 81.4 cm³/mol. The van der Waals surface area contributed by atoms with Crippen molar-refractivity contribution in [3.05, 3.63) is 27.9 Å². The molecule has 1 amide bonds. The summed E-state index contributed by atoms with van der Waals surface area (Å²) in [5.74, 6) is 0.456. The predicted octanol–water partition coefficient (Wildman–Crippen LogP) is 2.59. The highest BCUT2D eigenvalue weighted by Crippen LogP contribution is 2.20. The topological polar surface area (TPSA) is 97.2 Å². The molecule has 1 aromatic heterocycles. The Balaban J connectivity index is 2.92. The summed E-state index contributed by atoms with van der Waals surface area (Å²) in [5.41, 5.74) is -0.266. The molecular formula is C14H22N4O3. The summed E-state index contributed by atoms with van der Waals surface area (Å²) in [6.45, 7) is 6.10. The van der Waals surface area contributed by atoms with E-state index in [0.29, 0.717) is 11.7 Å². The number of nitro groups is 1. The summed E-state index contributed by atoms with van der Waals surface area (Å²) in [7, 11) is 1.64. The van der Waals surface area contributed by atoms with Crippen LogP contribution in [0.2, 0.25) is 0 Å². The molecular weight excluding hydrogens is 272 g/mol. The maximum atomic E-state index is 12.2. The van der Waals surface area contributed by atoms with Gasteiger partial charge in [0.15, 0.2) is 0 Å². The largest absolute Gasteiger partial charge is 0.373 e. The monoisotopic (exact) mass is 294 g/mol. The number of rotatable bonds is 7. The van der Waals surface area contributed by atoms with Crippen molar-refractivity contribution in [1.29, 1.82) is 0 Å². The van der Waals surface area contributed by atoms with E-state index in [9.17, 15) is 14.9 Å². The van der Waals surface area contributed by atoms with E-state index in [-0.39, 0.29) is 17.3 Å². The minimum atomic E-state index is -0.597. The molecule has 0 bridgehead atoms. The second-order valence-corrected chi connectivity index (χ2v) is 5.22. The molecule has 0 spiro atoms. The lowest BCUT2D eigenvalue weighted by atomic mass is 10.00. The summed E-state index contributed by atoms with van der Waals surface area (Å²) in [4.78, 5) is 26.5. The highest BCUT2D eigenvalue weighted by atomic mass is 16.6. The van der Waals surface area contributed by atoms with Gasteiger partial charge in [-0.25, -0.2) is 4.98 Å². The Morgan fingerprint density at radius 1 is 1.48 bits per heavy atom. The Bertz CT molecular complexity index is 519. The standard InChI is InChI=1S/C14H22N4O3/c1-5-9(2)6-10(3)17-14(19)11-7-13(15-4)16-8-12(11)18(20)21/h7-10H,5-6H2,1-4H3,(H,15,16)(H,17,19). The Morgan fingerprint density at radius 2 is 2.14 bits per heavy atom. The van der Waals surface area contributed by atoms with Crippen molar-refractivity contribution in [2.24, 2.45) is 5.92 Å². The Hall–Kier alpha value is -2.18. The number of pyridine rings is 1. The van der Waals surface area contributed by atoms with E-state index < -0.39 is 10.8 Å². The number of hydrogen-bond acceptors (Lipinski definition) is 5. The van der Waals surface area contributed by atoms with Crippen LogP contribution in [0.15, 0.2) is 12.3 Å². The number of anilines is 1. The average Bonchev–Trinajstić information content (AvgIpc) is 2.45. The lowest BCUT2D eigenvalue weighted by Gasteiger charge is -2.17. The molecule has 1 aromatic rings. The number of amides is 1. The lowest BCUT2D eigenvalue weighted by Crippen LogP contribution is -2.34. The van der Waals surface area contributed by atoms with E-state index in [1.807, 2.05) is 6.92 Å². The lowest BCUT2D eigenvalue weighted by molar-refractivity contribution is -0.385. The first-order valence-electron chi connectivity index (χ1n) is 7.02. The molecule has 7 nitrogen and oxygen atoms in total. The van der Waals surface area contributed by atoms with Gasteiger partial charge < -0.3 is 10.6 Å². The summed E-state index contributed by atoms with van der Waals surface area (Å²) < 4.78 is 0. The van der Waals surface area contributed by atoms with Gasteiger partial charge in [-0.2, -0.15) is 0 Å². The van der Waals surface area contributed by atoms with Crippen LogP contribution in [-0.4, -0.2) is 28.9 Å². The molecule has 1 heterocycles. The Labute approximate surface area is 124 Å². The van der Waals surface area contributed by atoms with Gasteiger partial charge in [0.1, 0.15) is 17.6 Å². The van der Waals surface area contributed by atoms with Gasteiger partial charge in [-0.15, -0.1) is 0 Å². The van der Waals surface area contributed by atoms with Crippen molar-refractivity contribution < 1.29 is 9.72 Å². The quantitative estimate of drug-likeness (QED) is 0.595. The van der Waals surface area contributed by atoms with Crippen molar-refractivity contribution >= 4 is 17.4 Å². The highest BCUT2D eigenvalue weighted by Gasteiger charge is 2.22. The van der Waals surface area contributed by atoms with Gasteiger partial charge in [0, 0.05) is 19.2 Å². The van der Waals surface area contributed by atoms with Crippen LogP contribution in [0.5, 0.6) is 0 Å². The van der Waals surface area contributed by atoms with E-state index >= 15 is 0 Å². The van der Waals surface area contributed by atoms with Gasteiger partial charge in [0.25, 0.3) is 11.6 Å². The van der Waals surface area contributed by atoms with Crippen molar-refractivity contribution in [3.8, 4) is 0 Å². The maximum absolute atomic E-state index is 12.2. The normalized spacial score (nSPS) is 13.3. The highest BCUT2D eigenvalue weighted by molar-refractivity contribution is 5.98. The Kier molecular flexibility index (Phi) is 6.08. The third kappa shape index (κ3) is 4.70. The van der Waals surface area contributed by atoms with E-state index in [2.05, 4.69) is 29.5 Å². The van der Waals surface area contributed by atoms with Crippen LogP contribution in [-0.2, 0) is 0 Å². The number of carbonyl (C=O) groups excluding carboxylic acids is 1. The molecule has 1 rings (SSSR count). The first-order chi connectivity index (χ1) is 9.88. The molecule has 0 aliphatic heterocycles. The molecule has 2 atom stereocenters. The summed E-state index contributed by atoms with van der Waals surface area (Å²) in [6.07, 6.45) is 2.96. The molecule has 0 saturated carbocycles. The van der Waals surface area contributed by atoms with Crippen LogP contribution < -0.4 is 10.6 Å². The second-order valence-electron chi connectivity index (χ2n) is 5.22. The van der Waals surface area contributed by atoms with Crippen LogP contribution >= 0.6 is 0 Å². The average molecular weight is 294 g/mol. The van der Waals surface area contributed by atoms with Crippen LogP contribution in [0.25, 0.3) is 0 Å². The minimum absolute atomic E-state index is 0.0235. The van der Waals surface area contributed by atoms with Gasteiger partial charge in [-0.1, -0.05) is 20.3 Å². The molecule has 0 aliphatic rings. The fourth-order valence-corrected chi connectivity index (χ4v) is 2.04. The zero-order valence-corrected chi connectivity index (χ0v) is 12.8. The molecule has 0 saturated heterocycles. The molecule has 0 fully saturated rings. The zero-order chi connectivity index (χ0) is 16.0. The van der Waals surface area contributed by atoms with Crippen LogP contribution in [0, 0.1) is 16.0 Å². The second kappa shape index (κ2) is 7.56. The van der Waals surface area contributed by atoms with E-state index in [1.165, 1.54) is 6.07 Å². The Morgan fingerprint density at radius 3 is 2.67 bits per heavy atom. The number of aromatic nitrogens is 1. The fraction of sp³-hybridized carbons (Fsp3) is 0.571. The van der Waals surface area contributed by atoms with Crippen LogP contribution in [0.1, 0.15) is 44.0 Å². The zero-order valence-electron chi connectivity index (χ0n) is 12.8.